The van der Waals surface area contributed by atoms with E-state index in [1.165, 1.54) is 12.1 Å². The number of aliphatic hydroxyl groups excluding tert-OH is 1. The molecular weight excluding hydrogens is 465 g/mol. The first kappa shape index (κ1) is 27.2. The Bertz CT molecular complexity index is 1020. The molecule has 7 heteroatoms. The maximum absolute atomic E-state index is 13.9. The summed E-state index contributed by atoms with van der Waals surface area (Å²) < 4.78 is 13.7. The molecule has 0 saturated heterocycles. The second kappa shape index (κ2) is 11.5. The highest BCUT2D eigenvalue weighted by Gasteiger charge is 2.53. The van der Waals surface area contributed by atoms with Crippen LogP contribution in [0.15, 0.2) is 53.6 Å². The summed E-state index contributed by atoms with van der Waals surface area (Å²) in [5.74, 6) is -0.591. The van der Waals surface area contributed by atoms with E-state index >= 15 is 0 Å². The first-order valence-electron chi connectivity index (χ1n) is 12.4. The highest BCUT2D eigenvalue weighted by molar-refractivity contribution is 6.30. The number of amides is 1. The minimum absolute atomic E-state index is 0.101. The largest absolute Gasteiger partial charge is 0.396 e. The summed E-state index contributed by atoms with van der Waals surface area (Å²) in [7, 11) is 0. The summed E-state index contributed by atoms with van der Waals surface area (Å²) in [5, 5.41) is 20.0. The summed E-state index contributed by atoms with van der Waals surface area (Å²) in [5.41, 5.74) is 1.21. The summed E-state index contributed by atoms with van der Waals surface area (Å²) in [6.07, 6.45) is 4.27. The van der Waals surface area contributed by atoms with Gasteiger partial charge in [0.2, 0.25) is 5.91 Å². The second-order valence-electron chi connectivity index (χ2n) is 10.3. The minimum Gasteiger partial charge on any atom is -0.396 e. The number of hydrogen-bond acceptors (Lipinski definition) is 4. The van der Waals surface area contributed by atoms with E-state index in [4.69, 9.17) is 16.7 Å². The van der Waals surface area contributed by atoms with Crippen LogP contribution in [0, 0.1) is 17.2 Å². The van der Waals surface area contributed by atoms with Gasteiger partial charge in [0.25, 0.3) is 0 Å². The maximum atomic E-state index is 13.9. The van der Waals surface area contributed by atoms with Gasteiger partial charge >= 0.3 is 0 Å². The Morgan fingerprint density at radius 1 is 1.17 bits per heavy atom. The molecule has 2 unspecified atom stereocenters. The number of nitrogens with one attached hydrogen (secondary N) is 1. The topological polar surface area (TPSA) is 64.9 Å². The van der Waals surface area contributed by atoms with Crippen molar-refractivity contribution in [1.82, 2.24) is 5.32 Å². The summed E-state index contributed by atoms with van der Waals surface area (Å²) in [4.78, 5) is 13.9. The Hall–Kier alpha value is -2.44. The number of benzene rings is 2. The fourth-order valence-electron chi connectivity index (χ4n) is 4.59. The number of hydrogen-bond donors (Lipinski definition) is 2. The quantitative estimate of drug-likeness (QED) is 0.361. The number of unbranched alkanes of at least 4 members (excludes halogenated alkanes) is 1. The van der Waals surface area contributed by atoms with Crippen LogP contribution in [0.25, 0.3) is 0 Å². The maximum Gasteiger partial charge on any atom is 0.248 e. The minimum atomic E-state index is -0.973. The van der Waals surface area contributed by atoms with Gasteiger partial charge in [-0.1, -0.05) is 57.3 Å². The molecule has 0 aliphatic carbocycles. The monoisotopic (exact) mass is 501 g/mol. The molecule has 0 bridgehead atoms. The lowest BCUT2D eigenvalue weighted by Gasteiger charge is -2.38. The lowest BCUT2D eigenvalue weighted by molar-refractivity contribution is -0.126. The molecule has 1 amide bonds. The van der Waals surface area contributed by atoms with Crippen LogP contribution in [0.2, 0.25) is 5.02 Å². The third-order valence-electron chi connectivity index (χ3n) is 6.92. The normalized spacial score (nSPS) is 20.1. The van der Waals surface area contributed by atoms with Crippen LogP contribution in [0.4, 0.5) is 10.1 Å². The van der Waals surface area contributed by atoms with Crippen molar-refractivity contribution in [2.45, 2.75) is 65.3 Å². The molecular formula is C28H37ClFN3O2. The van der Waals surface area contributed by atoms with Crippen molar-refractivity contribution in [3.05, 3.63) is 64.9 Å². The number of aliphatic hydroxyl groups is 1. The molecule has 0 radical (unpaired) electrons. The fraction of sp³-hybridized carbons (Fsp3) is 0.500. The predicted octanol–water partition coefficient (Wildman–Crippen LogP) is 6.18. The van der Waals surface area contributed by atoms with Crippen molar-refractivity contribution < 1.29 is 14.3 Å². The molecule has 2 aromatic carbocycles. The highest BCUT2D eigenvalue weighted by atomic mass is 35.5. The predicted molar refractivity (Wildman–Crippen MR) is 141 cm³/mol. The van der Waals surface area contributed by atoms with Crippen molar-refractivity contribution in [3.8, 4) is 0 Å². The van der Waals surface area contributed by atoms with E-state index < -0.39 is 5.54 Å². The first-order valence-corrected chi connectivity index (χ1v) is 12.8. The summed E-state index contributed by atoms with van der Waals surface area (Å²) >= 11 is 6.13. The Balaban J connectivity index is 1.96. The zero-order chi connectivity index (χ0) is 25.6. The van der Waals surface area contributed by atoms with Crippen LogP contribution < -0.4 is 10.3 Å². The molecule has 2 N–H and O–H groups in total. The van der Waals surface area contributed by atoms with Gasteiger partial charge in [-0.05, 0) is 73.6 Å². The van der Waals surface area contributed by atoms with Gasteiger partial charge in [-0.15, -0.1) is 0 Å². The number of anilines is 1. The first-order chi connectivity index (χ1) is 16.6. The van der Waals surface area contributed by atoms with Gasteiger partial charge in [0.05, 0.1) is 11.4 Å². The van der Waals surface area contributed by atoms with Crippen LogP contribution >= 0.6 is 11.6 Å². The van der Waals surface area contributed by atoms with E-state index in [1.807, 2.05) is 32.9 Å². The average molecular weight is 502 g/mol. The van der Waals surface area contributed by atoms with Gasteiger partial charge in [0.15, 0.2) is 0 Å². The molecule has 1 aliphatic heterocycles. The molecule has 0 fully saturated rings. The van der Waals surface area contributed by atoms with Crippen molar-refractivity contribution >= 4 is 28.9 Å². The summed E-state index contributed by atoms with van der Waals surface area (Å²) in [6, 6.07) is 13.6. The molecule has 0 spiro atoms. The Morgan fingerprint density at radius 2 is 1.83 bits per heavy atom. The van der Waals surface area contributed by atoms with Crippen molar-refractivity contribution in [2.75, 3.05) is 18.2 Å². The van der Waals surface area contributed by atoms with Gasteiger partial charge in [-0.25, -0.2) is 9.40 Å². The SMILES string of the molecule is CCCCC1C(c2ccc(F)cc2)=NN(c2ccc(Cl)cc2)C1(C)C(=O)NCCCC(C)(C)CO. The van der Waals surface area contributed by atoms with Crippen LogP contribution in [-0.2, 0) is 4.79 Å². The summed E-state index contributed by atoms with van der Waals surface area (Å²) in [6.45, 7) is 8.71. The average Bonchev–Trinajstić information content (AvgIpc) is 3.14. The molecule has 2 aromatic rings. The van der Waals surface area contributed by atoms with Gasteiger partial charge in [0.1, 0.15) is 11.4 Å². The number of rotatable bonds is 11. The third-order valence-corrected chi connectivity index (χ3v) is 7.17. The van der Waals surface area contributed by atoms with E-state index in [9.17, 15) is 14.3 Å². The van der Waals surface area contributed by atoms with Gasteiger partial charge in [-0.3, -0.25) is 4.79 Å². The molecule has 0 saturated carbocycles. The lowest BCUT2D eigenvalue weighted by Crippen LogP contribution is -2.58. The van der Waals surface area contributed by atoms with E-state index in [2.05, 4.69) is 12.2 Å². The third kappa shape index (κ3) is 6.22. The van der Waals surface area contributed by atoms with Gasteiger partial charge in [-0.2, -0.15) is 5.10 Å². The fourth-order valence-corrected chi connectivity index (χ4v) is 4.72. The molecule has 2 atom stereocenters. The van der Waals surface area contributed by atoms with Gasteiger partial charge < -0.3 is 10.4 Å². The number of hydrazone groups is 1. The van der Waals surface area contributed by atoms with E-state index in [-0.39, 0.29) is 29.7 Å². The molecule has 5 nitrogen and oxygen atoms in total. The number of halogens is 2. The molecule has 0 aromatic heterocycles. The molecule has 190 valence electrons. The molecule has 35 heavy (non-hydrogen) atoms. The smallest absolute Gasteiger partial charge is 0.248 e. The van der Waals surface area contributed by atoms with Gasteiger partial charge in [0, 0.05) is 24.1 Å². The Labute approximate surface area is 213 Å². The van der Waals surface area contributed by atoms with Crippen molar-refractivity contribution in [3.63, 3.8) is 0 Å². The zero-order valence-corrected chi connectivity index (χ0v) is 21.9. The van der Waals surface area contributed by atoms with Crippen molar-refractivity contribution in [1.29, 1.82) is 0 Å². The van der Waals surface area contributed by atoms with E-state index in [1.54, 1.807) is 29.3 Å². The van der Waals surface area contributed by atoms with Crippen LogP contribution in [0.3, 0.4) is 0 Å². The lowest BCUT2D eigenvalue weighted by atomic mass is 9.77. The van der Waals surface area contributed by atoms with Crippen LogP contribution in [0.5, 0.6) is 0 Å². The Kier molecular flexibility index (Phi) is 8.94. The van der Waals surface area contributed by atoms with Crippen LogP contribution in [0.1, 0.15) is 65.4 Å². The Morgan fingerprint density at radius 3 is 2.43 bits per heavy atom. The zero-order valence-electron chi connectivity index (χ0n) is 21.2. The number of nitrogens with zero attached hydrogens (tertiary/aromatic N) is 2. The standard InChI is InChI=1S/C28H37ClFN3O2/c1-5-6-8-24-25(20-9-13-22(30)14-10-20)32-33(23-15-11-21(29)12-16-23)28(24,4)26(35)31-18-7-17-27(2,3)19-34/h9-16,24,34H,5-8,17-19H2,1-4H3,(H,31,35). The second-order valence-corrected chi connectivity index (χ2v) is 10.7. The number of carbonyl (C=O) groups excluding carboxylic acids is 1. The molecule has 1 heterocycles. The highest BCUT2D eigenvalue weighted by Crippen LogP contribution is 2.42. The van der Waals surface area contributed by atoms with E-state index in [0.29, 0.717) is 11.6 Å². The van der Waals surface area contributed by atoms with Crippen molar-refractivity contribution in [2.24, 2.45) is 16.4 Å². The molecule has 3 rings (SSSR count). The van der Waals surface area contributed by atoms with Crippen LogP contribution in [-0.4, -0.2) is 35.4 Å². The van der Waals surface area contributed by atoms with E-state index in [0.717, 1.165) is 49.1 Å². The molecule has 1 aliphatic rings. The number of carbonyl (C=O) groups is 1.